The van der Waals surface area contributed by atoms with Gasteiger partial charge in [0.1, 0.15) is 0 Å². The summed E-state index contributed by atoms with van der Waals surface area (Å²) in [4.78, 5) is 2.14. The van der Waals surface area contributed by atoms with Crippen LogP contribution in [0.3, 0.4) is 0 Å². The summed E-state index contributed by atoms with van der Waals surface area (Å²) in [6.07, 6.45) is 1.17. The van der Waals surface area contributed by atoms with Crippen molar-refractivity contribution in [1.29, 1.82) is 0 Å². The number of rotatable bonds is 7. The lowest BCUT2D eigenvalue weighted by molar-refractivity contribution is 0.600. The monoisotopic (exact) mass is 392 g/mol. The molecule has 26 heavy (non-hydrogen) atoms. The molecular weight excluding hydrogens is 368 g/mol. The van der Waals surface area contributed by atoms with Crippen LogP contribution < -0.4 is 19.8 Å². The van der Waals surface area contributed by atoms with Crippen LogP contribution in [0.4, 0.5) is 17.1 Å². The second-order valence-corrected chi connectivity index (χ2v) is 8.34. The maximum atomic E-state index is 11.7. The zero-order valence-electron chi connectivity index (χ0n) is 15.1. The number of para-hydroxylation sites is 1. The average Bonchev–Trinajstić information content (AvgIpc) is 2.61. The molecule has 140 valence electrons. The lowest BCUT2D eigenvalue weighted by Crippen LogP contribution is -2.35. The van der Waals surface area contributed by atoms with Crippen molar-refractivity contribution < 1.29 is 8.42 Å². The molecule has 2 aromatic rings. The van der Waals surface area contributed by atoms with Gasteiger partial charge in [0.2, 0.25) is 10.0 Å². The van der Waals surface area contributed by atoms with E-state index in [0.29, 0.717) is 17.3 Å². The van der Waals surface area contributed by atoms with E-state index in [2.05, 4.69) is 27.7 Å². The van der Waals surface area contributed by atoms with Gasteiger partial charge in [0, 0.05) is 38.6 Å². The van der Waals surface area contributed by atoms with Gasteiger partial charge in [0.15, 0.2) is 5.11 Å². The van der Waals surface area contributed by atoms with Crippen molar-refractivity contribution in [2.24, 2.45) is 0 Å². The number of hydrogen-bond donors (Lipinski definition) is 2. The van der Waals surface area contributed by atoms with Crippen LogP contribution in [0.5, 0.6) is 0 Å². The van der Waals surface area contributed by atoms with Gasteiger partial charge < -0.3 is 15.5 Å². The Morgan fingerprint density at radius 2 is 1.69 bits per heavy atom. The lowest BCUT2D eigenvalue weighted by atomic mass is 10.3. The molecule has 0 aliphatic heterocycles. The van der Waals surface area contributed by atoms with Crippen LogP contribution in [-0.2, 0) is 10.0 Å². The van der Waals surface area contributed by atoms with Crippen molar-refractivity contribution in [2.75, 3.05) is 48.0 Å². The van der Waals surface area contributed by atoms with Crippen LogP contribution in [0.25, 0.3) is 0 Å². The Morgan fingerprint density at radius 1 is 1.04 bits per heavy atom. The van der Waals surface area contributed by atoms with Gasteiger partial charge in [-0.05, 0) is 42.5 Å². The first kappa shape index (κ1) is 20.0. The van der Waals surface area contributed by atoms with Crippen molar-refractivity contribution in [3.63, 3.8) is 0 Å². The van der Waals surface area contributed by atoms with Crippen LogP contribution in [0.1, 0.15) is 0 Å². The van der Waals surface area contributed by atoms with E-state index >= 15 is 0 Å². The fourth-order valence-corrected chi connectivity index (χ4v) is 3.01. The number of thiocarbonyl (C=S) groups is 1. The Bertz CT molecular complexity index is 841. The van der Waals surface area contributed by atoms with Crippen LogP contribution in [0, 0.1) is 0 Å². The molecule has 0 saturated carbocycles. The lowest BCUT2D eigenvalue weighted by Gasteiger charge is -2.20. The van der Waals surface area contributed by atoms with E-state index < -0.39 is 10.0 Å². The molecule has 2 aromatic carbocycles. The number of benzene rings is 2. The molecule has 0 atom stereocenters. The van der Waals surface area contributed by atoms with E-state index in [1.807, 2.05) is 31.3 Å². The third kappa shape index (κ3) is 5.89. The predicted octanol–water partition coefficient (Wildman–Crippen LogP) is 2.51. The minimum atomic E-state index is -3.30. The van der Waals surface area contributed by atoms with E-state index in [9.17, 15) is 8.42 Å². The fraction of sp³-hybridized carbons (Fsp3) is 0.278. The highest BCUT2D eigenvalue weighted by Gasteiger charge is 2.12. The Morgan fingerprint density at radius 3 is 2.35 bits per heavy atom. The standard InChI is InChI=1S/C18H24N4O2S2/c1-21(16-9-5-4-6-10-16)13-12-19-18(25)20-15-8-7-11-17(14-15)22(2)26(3,23)24/h4-11,14H,12-13H2,1-3H3,(H2,19,20,25). The molecule has 0 heterocycles. The Balaban J connectivity index is 1.86. The SMILES string of the molecule is CN(CCNC(=S)Nc1cccc(N(C)S(C)(=O)=O)c1)c1ccccc1. The number of sulfonamides is 1. The molecule has 0 amide bonds. The zero-order valence-corrected chi connectivity index (χ0v) is 16.8. The molecule has 0 aromatic heterocycles. The van der Waals surface area contributed by atoms with Crippen LogP contribution >= 0.6 is 12.2 Å². The summed E-state index contributed by atoms with van der Waals surface area (Å²) in [5.41, 5.74) is 2.45. The van der Waals surface area contributed by atoms with Gasteiger partial charge in [-0.3, -0.25) is 4.31 Å². The molecule has 0 radical (unpaired) electrons. The number of likely N-dealkylation sites (N-methyl/N-ethyl adjacent to an activating group) is 1. The molecule has 8 heteroatoms. The highest BCUT2D eigenvalue weighted by Crippen LogP contribution is 2.20. The number of anilines is 3. The average molecular weight is 393 g/mol. The first-order chi connectivity index (χ1) is 12.3. The van der Waals surface area contributed by atoms with Crippen molar-refractivity contribution in [2.45, 2.75) is 0 Å². The summed E-state index contributed by atoms with van der Waals surface area (Å²) in [5, 5.41) is 6.73. The molecule has 0 saturated heterocycles. The van der Waals surface area contributed by atoms with Gasteiger partial charge in [-0.2, -0.15) is 0 Å². The first-order valence-corrected chi connectivity index (χ1v) is 10.4. The van der Waals surface area contributed by atoms with E-state index in [1.165, 1.54) is 17.6 Å². The van der Waals surface area contributed by atoms with Gasteiger partial charge in [-0.15, -0.1) is 0 Å². The quantitative estimate of drug-likeness (QED) is 0.706. The van der Waals surface area contributed by atoms with E-state index in [-0.39, 0.29) is 0 Å². The smallest absolute Gasteiger partial charge is 0.231 e. The zero-order chi connectivity index (χ0) is 19.2. The Hall–Kier alpha value is -2.32. The Kier molecular flexibility index (Phi) is 6.82. The summed E-state index contributed by atoms with van der Waals surface area (Å²) in [6.45, 7) is 1.48. The van der Waals surface area contributed by atoms with Crippen molar-refractivity contribution in [3.05, 3.63) is 54.6 Å². The predicted molar refractivity (Wildman–Crippen MR) is 114 cm³/mol. The van der Waals surface area contributed by atoms with Crippen LogP contribution in [-0.4, -0.2) is 47.0 Å². The third-order valence-electron chi connectivity index (χ3n) is 3.89. The molecule has 0 aliphatic rings. The molecule has 0 fully saturated rings. The fourth-order valence-electron chi connectivity index (χ4n) is 2.30. The number of nitrogens with zero attached hydrogens (tertiary/aromatic N) is 2. The highest BCUT2D eigenvalue weighted by molar-refractivity contribution is 7.92. The van der Waals surface area contributed by atoms with E-state index in [0.717, 1.165) is 17.9 Å². The number of nitrogens with one attached hydrogen (secondary N) is 2. The van der Waals surface area contributed by atoms with E-state index in [4.69, 9.17) is 12.2 Å². The molecule has 0 spiro atoms. The molecule has 0 bridgehead atoms. The topological polar surface area (TPSA) is 64.7 Å². The van der Waals surface area contributed by atoms with Crippen LogP contribution in [0.15, 0.2) is 54.6 Å². The van der Waals surface area contributed by atoms with Crippen molar-refractivity contribution in [1.82, 2.24) is 5.32 Å². The van der Waals surface area contributed by atoms with Gasteiger partial charge in [-0.1, -0.05) is 24.3 Å². The maximum Gasteiger partial charge on any atom is 0.231 e. The van der Waals surface area contributed by atoms with Gasteiger partial charge >= 0.3 is 0 Å². The minimum Gasteiger partial charge on any atom is -0.373 e. The summed E-state index contributed by atoms with van der Waals surface area (Å²) >= 11 is 5.31. The first-order valence-electron chi connectivity index (χ1n) is 8.12. The second kappa shape index (κ2) is 8.86. The minimum absolute atomic E-state index is 0.491. The molecule has 0 aliphatic carbocycles. The summed E-state index contributed by atoms with van der Waals surface area (Å²) in [5.74, 6) is 0. The van der Waals surface area contributed by atoms with Crippen molar-refractivity contribution in [3.8, 4) is 0 Å². The number of hydrogen-bond acceptors (Lipinski definition) is 4. The maximum absolute atomic E-state index is 11.7. The summed E-state index contributed by atoms with van der Waals surface area (Å²) in [7, 11) is 0.244. The molecule has 0 unspecified atom stereocenters. The Labute approximate surface area is 160 Å². The summed E-state index contributed by atoms with van der Waals surface area (Å²) in [6, 6.07) is 17.2. The second-order valence-electron chi connectivity index (χ2n) is 5.92. The van der Waals surface area contributed by atoms with Crippen molar-refractivity contribution >= 4 is 44.4 Å². The molecule has 2 N–H and O–H groups in total. The summed E-state index contributed by atoms with van der Waals surface area (Å²) < 4.78 is 24.5. The van der Waals surface area contributed by atoms with E-state index in [1.54, 1.807) is 18.2 Å². The normalized spacial score (nSPS) is 10.9. The molecule has 2 rings (SSSR count). The highest BCUT2D eigenvalue weighted by atomic mass is 32.2. The van der Waals surface area contributed by atoms with Gasteiger partial charge in [-0.25, -0.2) is 8.42 Å². The van der Waals surface area contributed by atoms with Gasteiger partial charge in [0.25, 0.3) is 0 Å². The molecular formula is C18H24N4O2S2. The largest absolute Gasteiger partial charge is 0.373 e. The third-order valence-corrected chi connectivity index (χ3v) is 5.35. The van der Waals surface area contributed by atoms with Crippen LogP contribution in [0.2, 0.25) is 0 Å². The molecule has 6 nitrogen and oxygen atoms in total. The van der Waals surface area contributed by atoms with Gasteiger partial charge in [0.05, 0.1) is 11.9 Å².